The third-order valence-corrected chi connectivity index (χ3v) is 3.84. The van der Waals surface area contributed by atoms with Crippen LogP contribution < -0.4 is 4.74 Å². The average molecular weight is 263 g/mol. The number of carbonyl (C=O) groups excluding carboxylic acids is 1. The van der Waals surface area contributed by atoms with Crippen LogP contribution in [0.2, 0.25) is 0 Å². The first-order chi connectivity index (χ1) is 9.02. The van der Waals surface area contributed by atoms with E-state index in [9.17, 15) is 9.90 Å². The molecule has 0 saturated heterocycles. The lowest BCUT2D eigenvalue weighted by Crippen LogP contribution is -2.29. The lowest BCUT2D eigenvalue weighted by molar-refractivity contribution is -0.130. The number of aliphatic hydroxyl groups excluding tert-OH is 1. The zero-order valence-electron chi connectivity index (χ0n) is 11.7. The summed E-state index contributed by atoms with van der Waals surface area (Å²) in [5, 5.41) is 10.4. The van der Waals surface area contributed by atoms with Gasteiger partial charge in [0, 0.05) is 20.5 Å². The van der Waals surface area contributed by atoms with Crippen LogP contribution in [0.15, 0.2) is 18.2 Å². The van der Waals surface area contributed by atoms with Gasteiger partial charge in [-0.3, -0.25) is 4.79 Å². The fraction of sp³-hybridized carbons (Fsp3) is 0.533. The van der Waals surface area contributed by atoms with Crippen LogP contribution >= 0.6 is 0 Å². The first kappa shape index (κ1) is 13.9. The summed E-state index contributed by atoms with van der Waals surface area (Å²) in [7, 11) is 5.13. The second kappa shape index (κ2) is 5.61. The molecule has 1 aliphatic carbocycles. The van der Waals surface area contributed by atoms with E-state index >= 15 is 0 Å². The SMILES string of the molecule is COc1ccc2c(c1)CCC(CC(=O)N(C)C)C2O. The molecule has 0 heterocycles. The number of carbonyl (C=O) groups is 1. The molecule has 0 saturated carbocycles. The van der Waals surface area contributed by atoms with Gasteiger partial charge >= 0.3 is 0 Å². The van der Waals surface area contributed by atoms with Crippen molar-refractivity contribution in [3.05, 3.63) is 29.3 Å². The van der Waals surface area contributed by atoms with Gasteiger partial charge in [-0.2, -0.15) is 0 Å². The molecule has 1 aromatic rings. The standard InChI is InChI=1S/C15H21NO3/c1-16(2)14(17)9-11-5-4-10-8-12(19-3)6-7-13(10)15(11)18/h6-8,11,15,18H,4-5,9H2,1-3H3. The van der Waals surface area contributed by atoms with Gasteiger partial charge in [0.25, 0.3) is 0 Å². The van der Waals surface area contributed by atoms with Crippen LogP contribution in [0.25, 0.3) is 0 Å². The maximum Gasteiger partial charge on any atom is 0.222 e. The first-order valence-electron chi connectivity index (χ1n) is 6.58. The fourth-order valence-corrected chi connectivity index (χ4v) is 2.59. The van der Waals surface area contributed by atoms with Gasteiger partial charge in [-0.05, 0) is 42.0 Å². The zero-order valence-corrected chi connectivity index (χ0v) is 11.7. The minimum absolute atomic E-state index is 0.01000. The Morgan fingerprint density at radius 1 is 1.47 bits per heavy atom. The van der Waals surface area contributed by atoms with E-state index in [1.807, 2.05) is 18.2 Å². The number of ether oxygens (including phenoxy) is 1. The van der Waals surface area contributed by atoms with Crippen molar-refractivity contribution >= 4 is 5.91 Å². The number of rotatable bonds is 3. The van der Waals surface area contributed by atoms with Gasteiger partial charge in [-0.15, -0.1) is 0 Å². The van der Waals surface area contributed by atoms with Crippen LogP contribution in [-0.2, 0) is 11.2 Å². The maximum atomic E-state index is 11.8. The van der Waals surface area contributed by atoms with E-state index in [0.717, 1.165) is 29.7 Å². The predicted molar refractivity (Wildman–Crippen MR) is 73.1 cm³/mol. The number of methoxy groups -OCH3 is 1. The quantitative estimate of drug-likeness (QED) is 0.904. The number of nitrogens with zero attached hydrogens (tertiary/aromatic N) is 1. The van der Waals surface area contributed by atoms with Gasteiger partial charge in [-0.1, -0.05) is 6.07 Å². The molecule has 2 atom stereocenters. The van der Waals surface area contributed by atoms with Crippen LogP contribution in [-0.4, -0.2) is 37.1 Å². The highest BCUT2D eigenvalue weighted by Crippen LogP contribution is 2.37. The molecule has 4 nitrogen and oxygen atoms in total. The van der Waals surface area contributed by atoms with Crippen molar-refractivity contribution in [2.75, 3.05) is 21.2 Å². The van der Waals surface area contributed by atoms with E-state index in [-0.39, 0.29) is 11.8 Å². The Morgan fingerprint density at radius 3 is 2.84 bits per heavy atom. The van der Waals surface area contributed by atoms with Crippen molar-refractivity contribution in [3.8, 4) is 5.75 Å². The Balaban J connectivity index is 2.15. The van der Waals surface area contributed by atoms with Crippen molar-refractivity contribution < 1.29 is 14.6 Å². The summed E-state index contributed by atoms with van der Waals surface area (Å²) in [5.41, 5.74) is 2.06. The minimum Gasteiger partial charge on any atom is -0.497 e. The summed E-state index contributed by atoms with van der Waals surface area (Å²) in [6.45, 7) is 0. The summed E-state index contributed by atoms with van der Waals surface area (Å²) in [6, 6.07) is 5.74. The van der Waals surface area contributed by atoms with Gasteiger partial charge in [0.05, 0.1) is 13.2 Å². The molecule has 0 radical (unpaired) electrons. The third kappa shape index (κ3) is 2.89. The number of benzene rings is 1. The molecule has 1 aromatic carbocycles. The molecule has 4 heteroatoms. The van der Waals surface area contributed by atoms with E-state index in [1.54, 1.807) is 26.1 Å². The summed E-state index contributed by atoms with van der Waals surface area (Å²) < 4.78 is 5.20. The monoisotopic (exact) mass is 263 g/mol. The summed E-state index contributed by atoms with van der Waals surface area (Å²) in [5.74, 6) is 0.894. The number of aliphatic hydroxyl groups is 1. The van der Waals surface area contributed by atoms with Crippen LogP contribution in [0.4, 0.5) is 0 Å². The molecule has 1 aliphatic rings. The molecule has 0 aliphatic heterocycles. The highest BCUT2D eigenvalue weighted by Gasteiger charge is 2.30. The second-order valence-corrected chi connectivity index (χ2v) is 5.30. The summed E-state index contributed by atoms with van der Waals surface area (Å²) >= 11 is 0. The topological polar surface area (TPSA) is 49.8 Å². The molecular formula is C15H21NO3. The Kier molecular flexibility index (Phi) is 4.10. The van der Waals surface area contributed by atoms with Gasteiger partial charge in [0.15, 0.2) is 0 Å². The molecular weight excluding hydrogens is 242 g/mol. The largest absolute Gasteiger partial charge is 0.497 e. The van der Waals surface area contributed by atoms with Gasteiger partial charge in [0.2, 0.25) is 5.91 Å². The van der Waals surface area contributed by atoms with Gasteiger partial charge in [0.1, 0.15) is 5.75 Å². The number of aryl methyl sites for hydroxylation is 1. The molecule has 1 amide bonds. The predicted octanol–water partition coefficient (Wildman–Crippen LogP) is 1.77. The third-order valence-electron chi connectivity index (χ3n) is 3.84. The van der Waals surface area contributed by atoms with E-state index in [4.69, 9.17) is 4.74 Å². The van der Waals surface area contributed by atoms with Crippen LogP contribution in [0.5, 0.6) is 5.75 Å². The van der Waals surface area contributed by atoms with Gasteiger partial charge < -0.3 is 14.7 Å². The number of amides is 1. The molecule has 104 valence electrons. The normalized spacial score (nSPS) is 21.7. The van der Waals surface area contributed by atoms with Crippen molar-refractivity contribution in [3.63, 3.8) is 0 Å². The molecule has 0 fully saturated rings. The van der Waals surface area contributed by atoms with Crippen LogP contribution in [0, 0.1) is 5.92 Å². The van der Waals surface area contributed by atoms with E-state index in [0.29, 0.717) is 6.42 Å². The van der Waals surface area contributed by atoms with Crippen molar-refractivity contribution in [2.24, 2.45) is 5.92 Å². The number of hydrogen-bond acceptors (Lipinski definition) is 3. The second-order valence-electron chi connectivity index (χ2n) is 5.30. The molecule has 19 heavy (non-hydrogen) atoms. The average Bonchev–Trinajstić information content (AvgIpc) is 2.41. The Hall–Kier alpha value is -1.55. The van der Waals surface area contributed by atoms with Crippen LogP contribution in [0.3, 0.4) is 0 Å². The lowest BCUT2D eigenvalue weighted by Gasteiger charge is -2.30. The molecule has 0 spiro atoms. The first-order valence-corrected chi connectivity index (χ1v) is 6.58. The lowest BCUT2D eigenvalue weighted by atomic mass is 9.79. The summed E-state index contributed by atoms with van der Waals surface area (Å²) in [4.78, 5) is 13.3. The van der Waals surface area contributed by atoms with E-state index in [1.165, 1.54) is 0 Å². The molecule has 2 unspecified atom stereocenters. The van der Waals surface area contributed by atoms with Crippen molar-refractivity contribution in [2.45, 2.75) is 25.4 Å². The smallest absolute Gasteiger partial charge is 0.222 e. The Morgan fingerprint density at radius 2 is 2.21 bits per heavy atom. The molecule has 2 rings (SSSR count). The summed E-state index contributed by atoms with van der Waals surface area (Å²) in [6.07, 6.45) is 1.56. The highest BCUT2D eigenvalue weighted by atomic mass is 16.5. The fourth-order valence-electron chi connectivity index (χ4n) is 2.59. The number of hydrogen-bond donors (Lipinski definition) is 1. The van der Waals surface area contributed by atoms with Crippen molar-refractivity contribution in [1.29, 1.82) is 0 Å². The highest BCUT2D eigenvalue weighted by molar-refractivity contribution is 5.76. The van der Waals surface area contributed by atoms with Crippen molar-refractivity contribution in [1.82, 2.24) is 4.90 Å². The minimum atomic E-state index is -0.557. The molecule has 0 bridgehead atoms. The zero-order chi connectivity index (χ0) is 14.0. The maximum absolute atomic E-state index is 11.8. The van der Waals surface area contributed by atoms with Gasteiger partial charge in [-0.25, -0.2) is 0 Å². The molecule has 1 N–H and O–H groups in total. The van der Waals surface area contributed by atoms with E-state index in [2.05, 4.69) is 0 Å². The van der Waals surface area contributed by atoms with E-state index < -0.39 is 6.10 Å². The Labute approximate surface area is 114 Å². The number of fused-ring (bicyclic) bond motifs is 1. The Bertz CT molecular complexity index is 470. The molecule has 0 aromatic heterocycles. The van der Waals surface area contributed by atoms with Crippen LogP contribution in [0.1, 0.15) is 30.1 Å².